The van der Waals surface area contributed by atoms with E-state index in [-0.39, 0.29) is 5.91 Å². The lowest BCUT2D eigenvalue weighted by atomic mass is 10.3. The number of hydrogen-bond donors (Lipinski definition) is 2. The molecule has 0 bridgehead atoms. The molecule has 0 aromatic carbocycles. The molecule has 1 aromatic rings. The lowest BCUT2D eigenvalue weighted by Gasteiger charge is -2.14. The third-order valence-corrected chi connectivity index (χ3v) is 2.85. The molecule has 1 aromatic heterocycles. The first-order valence-corrected chi connectivity index (χ1v) is 5.81. The Morgan fingerprint density at radius 2 is 2.31 bits per heavy atom. The third-order valence-electron chi connectivity index (χ3n) is 2.85. The van der Waals surface area contributed by atoms with Crippen LogP contribution < -0.4 is 5.32 Å². The van der Waals surface area contributed by atoms with Crippen molar-refractivity contribution in [1.29, 1.82) is 0 Å². The number of aromatic nitrogens is 2. The molecule has 2 rings (SSSR count). The molecule has 0 aliphatic carbocycles. The van der Waals surface area contributed by atoms with E-state index in [0.29, 0.717) is 6.42 Å². The second-order valence-electron chi connectivity index (χ2n) is 4.15. The van der Waals surface area contributed by atoms with E-state index in [1.54, 1.807) is 12.5 Å². The Kier molecular flexibility index (Phi) is 3.93. The third kappa shape index (κ3) is 3.34. The fourth-order valence-electron chi connectivity index (χ4n) is 1.98. The van der Waals surface area contributed by atoms with Crippen molar-refractivity contribution < 1.29 is 4.79 Å². The van der Waals surface area contributed by atoms with Gasteiger partial charge in [0, 0.05) is 25.0 Å². The van der Waals surface area contributed by atoms with Gasteiger partial charge in [-0.25, -0.2) is 4.98 Å². The number of rotatable bonds is 5. The van der Waals surface area contributed by atoms with E-state index in [4.69, 9.17) is 0 Å². The first kappa shape index (κ1) is 11.1. The number of nitrogens with zero attached hydrogens (tertiary/aromatic N) is 2. The molecule has 2 heterocycles. The van der Waals surface area contributed by atoms with Crippen LogP contribution in [0.25, 0.3) is 0 Å². The molecular weight excluding hydrogens is 204 g/mol. The number of likely N-dealkylation sites (tertiary alicyclic amines) is 1. The molecule has 1 saturated heterocycles. The van der Waals surface area contributed by atoms with Crippen LogP contribution in [0.15, 0.2) is 12.5 Å². The van der Waals surface area contributed by atoms with Gasteiger partial charge in [0.05, 0.1) is 12.7 Å². The summed E-state index contributed by atoms with van der Waals surface area (Å²) in [5.74, 6) is 0.0587. The molecule has 88 valence electrons. The van der Waals surface area contributed by atoms with E-state index in [1.165, 1.54) is 25.9 Å². The standard InChI is InChI=1S/C11H18N4O/c16-11(7-10-8-12-9-14-10)13-3-6-15-4-1-2-5-15/h8-9H,1-7H2,(H,12,14)(H,13,16). The summed E-state index contributed by atoms with van der Waals surface area (Å²) in [6.07, 6.45) is 6.25. The van der Waals surface area contributed by atoms with Gasteiger partial charge in [-0.3, -0.25) is 4.79 Å². The summed E-state index contributed by atoms with van der Waals surface area (Å²) >= 11 is 0. The van der Waals surface area contributed by atoms with E-state index in [1.807, 2.05) is 0 Å². The number of hydrogen-bond acceptors (Lipinski definition) is 3. The minimum Gasteiger partial charge on any atom is -0.354 e. The molecule has 0 atom stereocenters. The molecule has 5 heteroatoms. The van der Waals surface area contributed by atoms with Gasteiger partial charge in [-0.05, 0) is 25.9 Å². The highest BCUT2D eigenvalue weighted by atomic mass is 16.1. The zero-order valence-corrected chi connectivity index (χ0v) is 9.41. The lowest BCUT2D eigenvalue weighted by molar-refractivity contribution is -0.120. The van der Waals surface area contributed by atoms with Gasteiger partial charge in [0.1, 0.15) is 0 Å². The molecule has 1 fully saturated rings. The largest absolute Gasteiger partial charge is 0.354 e. The predicted octanol–water partition coefficient (Wildman–Crippen LogP) is 0.164. The van der Waals surface area contributed by atoms with Crippen molar-refractivity contribution in [2.45, 2.75) is 19.3 Å². The van der Waals surface area contributed by atoms with Crippen molar-refractivity contribution in [3.8, 4) is 0 Å². The lowest BCUT2D eigenvalue weighted by Crippen LogP contribution is -2.34. The van der Waals surface area contributed by atoms with Crippen LogP contribution in [0.2, 0.25) is 0 Å². The van der Waals surface area contributed by atoms with Gasteiger partial charge >= 0.3 is 0 Å². The molecule has 0 unspecified atom stereocenters. The summed E-state index contributed by atoms with van der Waals surface area (Å²) in [4.78, 5) is 20.7. The predicted molar refractivity (Wildman–Crippen MR) is 61.0 cm³/mol. The second-order valence-corrected chi connectivity index (χ2v) is 4.15. The van der Waals surface area contributed by atoms with Gasteiger partial charge in [0.2, 0.25) is 5.91 Å². The number of amides is 1. The van der Waals surface area contributed by atoms with Crippen LogP contribution in [0, 0.1) is 0 Å². The summed E-state index contributed by atoms with van der Waals surface area (Å²) in [6.45, 7) is 4.06. The Morgan fingerprint density at radius 1 is 1.50 bits per heavy atom. The molecule has 0 spiro atoms. The maximum absolute atomic E-state index is 11.5. The monoisotopic (exact) mass is 222 g/mol. The molecule has 1 aliphatic rings. The number of H-pyrrole nitrogens is 1. The summed E-state index contributed by atoms with van der Waals surface area (Å²) in [5.41, 5.74) is 0.860. The Labute approximate surface area is 95.2 Å². The first-order valence-electron chi connectivity index (χ1n) is 5.81. The van der Waals surface area contributed by atoms with Crippen molar-refractivity contribution in [2.75, 3.05) is 26.2 Å². The van der Waals surface area contributed by atoms with Gasteiger partial charge in [-0.15, -0.1) is 0 Å². The summed E-state index contributed by atoms with van der Waals surface area (Å²) < 4.78 is 0. The Balaban J connectivity index is 1.60. The van der Waals surface area contributed by atoms with E-state index in [9.17, 15) is 4.79 Å². The van der Waals surface area contributed by atoms with Crippen molar-refractivity contribution >= 4 is 5.91 Å². The number of carbonyl (C=O) groups excluding carboxylic acids is 1. The fraction of sp³-hybridized carbons (Fsp3) is 0.636. The summed E-state index contributed by atoms with van der Waals surface area (Å²) in [7, 11) is 0. The Bertz CT molecular complexity index is 317. The summed E-state index contributed by atoms with van der Waals surface area (Å²) in [5, 5.41) is 2.92. The maximum atomic E-state index is 11.5. The highest BCUT2D eigenvalue weighted by Gasteiger charge is 2.11. The Morgan fingerprint density at radius 3 is 3.00 bits per heavy atom. The van der Waals surface area contributed by atoms with Gasteiger partial charge in [-0.1, -0.05) is 0 Å². The quantitative estimate of drug-likeness (QED) is 0.746. The van der Waals surface area contributed by atoms with Crippen molar-refractivity contribution in [1.82, 2.24) is 20.2 Å². The second kappa shape index (κ2) is 5.65. The molecular formula is C11H18N4O. The van der Waals surface area contributed by atoms with Crippen molar-refractivity contribution in [3.05, 3.63) is 18.2 Å². The normalized spacial score (nSPS) is 16.5. The Hall–Kier alpha value is -1.36. The average Bonchev–Trinajstić information content (AvgIpc) is 2.90. The molecule has 5 nitrogen and oxygen atoms in total. The smallest absolute Gasteiger partial charge is 0.226 e. The highest BCUT2D eigenvalue weighted by molar-refractivity contribution is 5.77. The molecule has 2 N–H and O–H groups in total. The van der Waals surface area contributed by atoms with Gasteiger partial charge in [0.25, 0.3) is 0 Å². The number of nitrogens with one attached hydrogen (secondary N) is 2. The van der Waals surface area contributed by atoms with Crippen molar-refractivity contribution in [3.63, 3.8) is 0 Å². The molecule has 0 saturated carbocycles. The van der Waals surface area contributed by atoms with Crippen molar-refractivity contribution in [2.24, 2.45) is 0 Å². The molecule has 0 radical (unpaired) electrons. The first-order chi connectivity index (χ1) is 7.84. The fourth-order valence-corrected chi connectivity index (χ4v) is 1.98. The van der Waals surface area contributed by atoms with Crippen LogP contribution in [0.4, 0.5) is 0 Å². The van der Waals surface area contributed by atoms with Crippen LogP contribution in [0.5, 0.6) is 0 Å². The number of imidazole rings is 1. The van der Waals surface area contributed by atoms with Crippen LogP contribution in [-0.4, -0.2) is 47.0 Å². The number of aromatic amines is 1. The van der Waals surface area contributed by atoms with E-state index >= 15 is 0 Å². The minimum atomic E-state index is 0.0587. The van der Waals surface area contributed by atoms with Gasteiger partial charge in [0.15, 0.2) is 0 Å². The van der Waals surface area contributed by atoms with Crippen LogP contribution >= 0.6 is 0 Å². The zero-order valence-electron chi connectivity index (χ0n) is 9.41. The SMILES string of the molecule is O=C(Cc1cnc[nH]1)NCCN1CCCC1. The van der Waals surface area contributed by atoms with E-state index in [0.717, 1.165) is 18.8 Å². The van der Waals surface area contributed by atoms with Crippen LogP contribution in [0.3, 0.4) is 0 Å². The topological polar surface area (TPSA) is 61.0 Å². The maximum Gasteiger partial charge on any atom is 0.226 e. The van der Waals surface area contributed by atoms with E-state index < -0.39 is 0 Å². The van der Waals surface area contributed by atoms with Crippen LogP contribution in [0.1, 0.15) is 18.5 Å². The molecule has 16 heavy (non-hydrogen) atoms. The minimum absolute atomic E-state index is 0.0587. The number of carbonyl (C=O) groups is 1. The van der Waals surface area contributed by atoms with Gasteiger partial charge in [-0.2, -0.15) is 0 Å². The summed E-state index contributed by atoms with van der Waals surface area (Å²) in [6, 6.07) is 0. The molecule has 1 aliphatic heterocycles. The van der Waals surface area contributed by atoms with Gasteiger partial charge < -0.3 is 15.2 Å². The zero-order chi connectivity index (χ0) is 11.2. The van der Waals surface area contributed by atoms with E-state index in [2.05, 4.69) is 20.2 Å². The molecule has 1 amide bonds. The van der Waals surface area contributed by atoms with Crippen LogP contribution in [-0.2, 0) is 11.2 Å². The average molecular weight is 222 g/mol. The highest BCUT2D eigenvalue weighted by Crippen LogP contribution is 2.05.